The van der Waals surface area contributed by atoms with E-state index >= 15 is 0 Å². The van der Waals surface area contributed by atoms with Crippen LogP contribution in [-0.2, 0) is 13.2 Å². The van der Waals surface area contributed by atoms with Gasteiger partial charge in [0.25, 0.3) is 0 Å². The van der Waals surface area contributed by atoms with Gasteiger partial charge in [-0.15, -0.1) is 0 Å². The van der Waals surface area contributed by atoms with Crippen LogP contribution in [0, 0.1) is 12.7 Å². The molecular weight excluding hydrogens is 231 g/mol. The van der Waals surface area contributed by atoms with Crippen molar-refractivity contribution in [1.29, 1.82) is 0 Å². The fourth-order valence-corrected chi connectivity index (χ4v) is 1.75. The second kappa shape index (κ2) is 5.65. The Balaban J connectivity index is 2.11. The SMILES string of the molecule is Cc1cc(F)ccc1COc1ccccc1CO. The molecule has 0 spiro atoms. The van der Waals surface area contributed by atoms with Gasteiger partial charge in [-0.2, -0.15) is 0 Å². The van der Waals surface area contributed by atoms with E-state index in [0.717, 1.165) is 16.7 Å². The maximum absolute atomic E-state index is 13.0. The third kappa shape index (κ3) is 2.87. The van der Waals surface area contributed by atoms with Crippen LogP contribution in [0.4, 0.5) is 4.39 Å². The molecule has 0 radical (unpaired) electrons. The van der Waals surface area contributed by atoms with E-state index in [-0.39, 0.29) is 12.4 Å². The maximum Gasteiger partial charge on any atom is 0.125 e. The molecule has 0 saturated carbocycles. The maximum atomic E-state index is 13.0. The number of rotatable bonds is 4. The van der Waals surface area contributed by atoms with E-state index in [2.05, 4.69) is 0 Å². The van der Waals surface area contributed by atoms with Crippen molar-refractivity contribution >= 4 is 0 Å². The van der Waals surface area contributed by atoms with Crippen molar-refractivity contribution in [2.45, 2.75) is 20.1 Å². The Bertz CT molecular complexity index is 538. The quantitative estimate of drug-likeness (QED) is 0.897. The molecule has 0 aliphatic heterocycles. The number of para-hydroxylation sites is 1. The standard InChI is InChI=1S/C15H15FO2/c1-11-8-14(16)7-6-13(11)10-18-15-5-3-2-4-12(15)9-17/h2-8,17H,9-10H2,1H3. The van der Waals surface area contributed by atoms with Crippen LogP contribution in [0.25, 0.3) is 0 Å². The summed E-state index contributed by atoms with van der Waals surface area (Å²) in [4.78, 5) is 0. The molecule has 1 N–H and O–H groups in total. The third-order valence-corrected chi connectivity index (χ3v) is 2.83. The third-order valence-electron chi connectivity index (χ3n) is 2.83. The number of halogens is 1. The molecule has 94 valence electrons. The van der Waals surface area contributed by atoms with E-state index < -0.39 is 0 Å². The van der Waals surface area contributed by atoms with Gasteiger partial charge in [0.1, 0.15) is 18.2 Å². The molecule has 0 amide bonds. The van der Waals surface area contributed by atoms with Gasteiger partial charge in [0.05, 0.1) is 6.61 Å². The number of hydrogen-bond donors (Lipinski definition) is 1. The van der Waals surface area contributed by atoms with E-state index in [9.17, 15) is 9.50 Å². The molecule has 3 heteroatoms. The fraction of sp³-hybridized carbons (Fsp3) is 0.200. The average Bonchev–Trinajstić information content (AvgIpc) is 2.38. The highest BCUT2D eigenvalue weighted by Crippen LogP contribution is 2.20. The molecule has 2 nitrogen and oxygen atoms in total. The number of benzene rings is 2. The Morgan fingerprint density at radius 1 is 1.11 bits per heavy atom. The van der Waals surface area contributed by atoms with E-state index in [4.69, 9.17) is 4.74 Å². The molecule has 0 atom stereocenters. The zero-order valence-electron chi connectivity index (χ0n) is 10.2. The lowest BCUT2D eigenvalue weighted by atomic mass is 10.1. The normalized spacial score (nSPS) is 10.4. The van der Waals surface area contributed by atoms with Crippen molar-refractivity contribution in [2.75, 3.05) is 0 Å². The smallest absolute Gasteiger partial charge is 0.125 e. The summed E-state index contributed by atoms with van der Waals surface area (Å²) in [6.45, 7) is 2.15. The number of aliphatic hydroxyl groups is 1. The van der Waals surface area contributed by atoms with Gasteiger partial charge in [0, 0.05) is 5.56 Å². The first-order valence-electron chi connectivity index (χ1n) is 5.77. The van der Waals surface area contributed by atoms with Gasteiger partial charge in [0.15, 0.2) is 0 Å². The van der Waals surface area contributed by atoms with Crippen molar-refractivity contribution in [2.24, 2.45) is 0 Å². The summed E-state index contributed by atoms with van der Waals surface area (Å²) in [6.07, 6.45) is 0. The van der Waals surface area contributed by atoms with Crippen LogP contribution in [0.5, 0.6) is 5.75 Å². The van der Waals surface area contributed by atoms with E-state index in [1.54, 1.807) is 6.07 Å². The van der Waals surface area contributed by atoms with Gasteiger partial charge in [-0.3, -0.25) is 0 Å². The van der Waals surface area contributed by atoms with Crippen molar-refractivity contribution in [3.8, 4) is 5.75 Å². The van der Waals surface area contributed by atoms with Crippen molar-refractivity contribution in [1.82, 2.24) is 0 Å². The second-order valence-corrected chi connectivity index (χ2v) is 4.13. The molecular formula is C15H15FO2. The fourth-order valence-electron chi connectivity index (χ4n) is 1.75. The Morgan fingerprint density at radius 2 is 1.89 bits per heavy atom. The van der Waals surface area contributed by atoms with Gasteiger partial charge in [-0.05, 0) is 36.2 Å². The minimum absolute atomic E-state index is 0.0570. The van der Waals surface area contributed by atoms with Gasteiger partial charge in [-0.25, -0.2) is 4.39 Å². The minimum atomic E-state index is -0.244. The first-order valence-corrected chi connectivity index (χ1v) is 5.77. The van der Waals surface area contributed by atoms with Gasteiger partial charge < -0.3 is 9.84 Å². The summed E-state index contributed by atoms with van der Waals surface area (Å²) in [5.41, 5.74) is 2.54. The van der Waals surface area contributed by atoms with Crippen molar-refractivity contribution in [3.05, 3.63) is 65.0 Å². The number of aryl methyl sites for hydroxylation is 1. The second-order valence-electron chi connectivity index (χ2n) is 4.13. The van der Waals surface area contributed by atoms with Crippen LogP contribution in [0.2, 0.25) is 0 Å². The van der Waals surface area contributed by atoms with Crippen LogP contribution >= 0.6 is 0 Å². The van der Waals surface area contributed by atoms with Crippen LogP contribution in [0.1, 0.15) is 16.7 Å². The molecule has 18 heavy (non-hydrogen) atoms. The lowest BCUT2D eigenvalue weighted by Crippen LogP contribution is -2.00. The highest BCUT2D eigenvalue weighted by molar-refractivity contribution is 5.33. The lowest BCUT2D eigenvalue weighted by molar-refractivity contribution is 0.259. The predicted molar refractivity (Wildman–Crippen MR) is 67.8 cm³/mol. The van der Waals surface area contributed by atoms with E-state index in [0.29, 0.717) is 12.4 Å². The van der Waals surface area contributed by atoms with Crippen molar-refractivity contribution in [3.63, 3.8) is 0 Å². The first-order chi connectivity index (χ1) is 8.70. The Kier molecular flexibility index (Phi) is 3.95. The van der Waals surface area contributed by atoms with Crippen LogP contribution < -0.4 is 4.74 Å². The summed E-state index contributed by atoms with van der Waals surface area (Å²) in [6, 6.07) is 11.9. The minimum Gasteiger partial charge on any atom is -0.489 e. The van der Waals surface area contributed by atoms with Gasteiger partial charge in [-0.1, -0.05) is 24.3 Å². The van der Waals surface area contributed by atoms with Crippen LogP contribution in [0.3, 0.4) is 0 Å². The molecule has 0 aliphatic carbocycles. The predicted octanol–water partition coefficient (Wildman–Crippen LogP) is 3.21. The van der Waals surface area contributed by atoms with Gasteiger partial charge >= 0.3 is 0 Å². The molecule has 0 aromatic heterocycles. The van der Waals surface area contributed by atoms with E-state index in [1.807, 2.05) is 31.2 Å². The first kappa shape index (κ1) is 12.6. The number of aliphatic hydroxyl groups excluding tert-OH is 1. The van der Waals surface area contributed by atoms with Crippen molar-refractivity contribution < 1.29 is 14.2 Å². The average molecular weight is 246 g/mol. The molecule has 2 aromatic rings. The highest BCUT2D eigenvalue weighted by atomic mass is 19.1. The topological polar surface area (TPSA) is 29.5 Å². The molecule has 2 rings (SSSR count). The molecule has 0 saturated heterocycles. The molecule has 0 bridgehead atoms. The Hall–Kier alpha value is -1.87. The molecule has 2 aromatic carbocycles. The summed E-state index contributed by atoms with van der Waals surface area (Å²) in [5, 5.41) is 9.18. The summed E-state index contributed by atoms with van der Waals surface area (Å²) in [7, 11) is 0. The summed E-state index contributed by atoms with van der Waals surface area (Å²) >= 11 is 0. The lowest BCUT2D eigenvalue weighted by Gasteiger charge is -2.11. The number of ether oxygens (including phenoxy) is 1. The molecule has 0 fully saturated rings. The Labute approximate surface area is 106 Å². The monoisotopic (exact) mass is 246 g/mol. The molecule has 0 aliphatic rings. The largest absolute Gasteiger partial charge is 0.489 e. The van der Waals surface area contributed by atoms with Gasteiger partial charge in [0.2, 0.25) is 0 Å². The zero-order chi connectivity index (χ0) is 13.0. The summed E-state index contributed by atoms with van der Waals surface area (Å²) < 4.78 is 18.6. The highest BCUT2D eigenvalue weighted by Gasteiger charge is 2.04. The summed E-state index contributed by atoms with van der Waals surface area (Å²) in [5.74, 6) is 0.413. The number of hydrogen-bond acceptors (Lipinski definition) is 2. The molecule has 0 heterocycles. The van der Waals surface area contributed by atoms with Crippen LogP contribution in [0.15, 0.2) is 42.5 Å². The zero-order valence-corrected chi connectivity index (χ0v) is 10.2. The van der Waals surface area contributed by atoms with Crippen LogP contribution in [-0.4, -0.2) is 5.11 Å². The van der Waals surface area contributed by atoms with E-state index in [1.165, 1.54) is 12.1 Å². The molecule has 0 unspecified atom stereocenters. The Morgan fingerprint density at radius 3 is 2.61 bits per heavy atom.